The number of hydrogen-bond donors (Lipinski definition) is 1. The van der Waals surface area contributed by atoms with Crippen LogP contribution in [0.5, 0.6) is 5.75 Å². The number of aromatic nitrogens is 1. The molecule has 1 fully saturated rings. The molecule has 4 rings (SSSR count). The molecule has 2 aromatic carbocycles. The summed E-state index contributed by atoms with van der Waals surface area (Å²) in [6.45, 7) is 7.10. The number of aryl methyl sites for hydroxylation is 1. The normalized spacial score (nSPS) is 14.6. The maximum atomic E-state index is 12.3. The van der Waals surface area contributed by atoms with E-state index < -0.39 is 0 Å². The Morgan fingerprint density at radius 2 is 1.94 bits per heavy atom. The van der Waals surface area contributed by atoms with Gasteiger partial charge in [0.25, 0.3) is 0 Å². The van der Waals surface area contributed by atoms with Crippen LogP contribution in [0.1, 0.15) is 30.9 Å². The topological polar surface area (TPSA) is 63.7 Å². The predicted molar refractivity (Wildman–Crippen MR) is 125 cm³/mol. The molecule has 1 saturated heterocycles. The zero-order valence-corrected chi connectivity index (χ0v) is 18.7. The van der Waals surface area contributed by atoms with Gasteiger partial charge in [0, 0.05) is 26.1 Å². The van der Waals surface area contributed by atoms with Gasteiger partial charge in [-0.1, -0.05) is 36.5 Å². The number of carbonyl (C=O) groups excluding carboxylic acids is 1. The van der Waals surface area contributed by atoms with Crippen molar-refractivity contribution >= 4 is 32.6 Å². The van der Waals surface area contributed by atoms with Crippen LogP contribution in [0.25, 0.3) is 10.2 Å². The standard InChI is InChI=1S/C24H29N3O3S/c1-2-18-5-8-20(9-6-18)30-13-3-4-23(28)26-24-25-21-10-7-19(16-22(21)31-24)17-27-11-14-29-15-12-27/h5-10,16H,2-4,11-15,17H2,1H3,(H,25,26,28). The van der Waals surface area contributed by atoms with Crippen molar-refractivity contribution in [3.05, 3.63) is 53.6 Å². The Balaban J connectivity index is 1.24. The summed E-state index contributed by atoms with van der Waals surface area (Å²) in [5.41, 5.74) is 3.47. The number of benzene rings is 2. The van der Waals surface area contributed by atoms with E-state index in [-0.39, 0.29) is 5.91 Å². The van der Waals surface area contributed by atoms with Gasteiger partial charge in [0.2, 0.25) is 5.91 Å². The summed E-state index contributed by atoms with van der Waals surface area (Å²) < 4.78 is 12.2. The van der Waals surface area contributed by atoms with Crippen LogP contribution in [0, 0.1) is 0 Å². The number of hydrogen-bond acceptors (Lipinski definition) is 6. The summed E-state index contributed by atoms with van der Waals surface area (Å²) in [7, 11) is 0. The van der Waals surface area contributed by atoms with Gasteiger partial charge in [-0.3, -0.25) is 9.69 Å². The fourth-order valence-electron chi connectivity index (χ4n) is 3.56. The molecule has 0 spiro atoms. The lowest BCUT2D eigenvalue weighted by atomic mass is 10.2. The summed E-state index contributed by atoms with van der Waals surface area (Å²) in [5.74, 6) is 0.814. The van der Waals surface area contributed by atoms with Crippen molar-refractivity contribution in [2.45, 2.75) is 32.7 Å². The molecule has 6 nitrogen and oxygen atoms in total. The van der Waals surface area contributed by atoms with Crippen molar-refractivity contribution in [2.75, 3.05) is 38.2 Å². The van der Waals surface area contributed by atoms with Gasteiger partial charge >= 0.3 is 0 Å². The van der Waals surface area contributed by atoms with Gasteiger partial charge in [-0.25, -0.2) is 4.98 Å². The van der Waals surface area contributed by atoms with Crippen molar-refractivity contribution in [1.82, 2.24) is 9.88 Å². The molecule has 1 aliphatic rings. The second-order valence-corrected chi connectivity index (χ2v) is 8.74. The van der Waals surface area contributed by atoms with E-state index in [1.807, 2.05) is 18.2 Å². The highest BCUT2D eigenvalue weighted by atomic mass is 32.1. The van der Waals surface area contributed by atoms with Crippen LogP contribution in [0.4, 0.5) is 5.13 Å². The number of nitrogens with one attached hydrogen (secondary N) is 1. The third-order valence-electron chi connectivity index (χ3n) is 5.36. The number of nitrogens with zero attached hydrogens (tertiary/aromatic N) is 2. The number of amides is 1. The van der Waals surface area contributed by atoms with Crippen LogP contribution in [0.15, 0.2) is 42.5 Å². The molecule has 0 unspecified atom stereocenters. The van der Waals surface area contributed by atoms with Crippen molar-refractivity contribution in [3.8, 4) is 5.75 Å². The number of anilines is 1. The molecule has 164 valence electrons. The highest BCUT2D eigenvalue weighted by Crippen LogP contribution is 2.27. The fraction of sp³-hybridized carbons (Fsp3) is 0.417. The molecule has 1 N–H and O–H groups in total. The van der Waals surface area contributed by atoms with Crippen LogP contribution in [0.2, 0.25) is 0 Å². The number of carbonyl (C=O) groups is 1. The Bertz CT molecular complexity index is 997. The van der Waals surface area contributed by atoms with E-state index >= 15 is 0 Å². The number of morpholine rings is 1. The Morgan fingerprint density at radius 1 is 1.16 bits per heavy atom. The van der Waals surface area contributed by atoms with E-state index in [0.29, 0.717) is 24.6 Å². The molecule has 1 aromatic heterocycles. The van der Waals surface area contributed by atoms with E-state index in [1.54, 1.807) is 0 Å². The first-order valence-electron chi connectivity index (χ1n) is 10.9. The summed E-state index contributed by atoms with van der Waals surface area (Å²) in [5, 5.41) is 3.58. The molecule has 0 atom stereocenters. The van der Waals surface area contributed by atoms with Crippen LogP contribution < -0.4 is 10.1 Å². The quantitative estimate of drug-likeness (QED) is 0.498. The first kappa shape index (κ1) is 21.7. The van der Waals surface area contributed by atoms with E-state index in [2.05, 4.69) is 46.4 Å². The van der Waals surface area contributed by atoms with Crippen molar-refractivity contribution < 1.29 is 14.3 Å². The second-order valence-electron chi connectivity index (χ2n) is 7.71. The summed E-state index contributed by atoms with van der Waals surface area (Å²) in [6.07, 6.45) is 2.09. The van der Waals surface area contributed by atoms with Crippen LogP contribution in [-0.4, -0.2) is 48.7 Å². The van der Waals surface area contributed by atoms with Gasteiger partial charge in [-0.15, -0.1) is 0 Å². The van der Waals surface area contributed by atoms with Crippen molar-refractivity contribution in [2.24, 2.45) is 0 Å². The van der Waals surface area contributed by atoms with E-state index in [9.17, 15) is 4.79 Å². The molecular weight excluding hydrogens is 410 g/mol. The lowest BCUT2D eigenvalue weighted by molar-refractivity contribution is -0.116. The number of thiazole rings is 1. The van der Waals surface area contributed by atoms with Gasteiger partial charge in [0.1, 0.15) is 5.75 Å². The first-order chi connectivity index (χ1) is 15.2. The monoisotopic (exact) mass is 439 g/mol. The zero-order valence-electron chi connectivity index (χ0n) is 17.9. The highest BCUT2D eigenvalue weighted by Gasteiger charge is 2.12. The summed E-state index contributed by atoms with van der Waals surface area (Å²) in [6, 6.07) is 14.4. The molecule has 0 bridgehead atoms. The average Bonchev–Trinajstić information content (AvgIpc) is 3.19. The molecule has 3 aromatic rings. The Hall–Kier alpha value is -2.48. The largest absolute Gasteiger partial charge is 0.494 e. The average molecular weight is 440 g/mol. The number of ether oxygens (including phenoxy) is 2. The third kappa shape index (κ3) is 6.26. The maximum absolute atomic E-state index is 12.3. The second kappa shape index (κ2) is 10.7. The lowest BCUT2D eigenvalue weighted by Gasteiger charge is -2.26. The number of rotatable bonds is 9. The predicted octanol–water partition coefficient (Wildman–Crippen LogP) is 4.49. The van der Waals surface area contributed by atoms with Gasteiger partial charge in [-0.2, -0.15) is 0 Å². The molecule has 0 aliphatic carbocycles. The minimum atomic E-state index is -0.0301. The minimum absolute atomic E-state index is 0.0301. The molecule has 0 radical (unpaired) electrons. The third-order valence-corrected chi connectivity index (χ3v) is 6.29. The molecule has 31 heavy (non-hydrogen) atoms. The van der Waals surface area contributed by atoms with Crippen molar-refractivity contribution in [3.63, 3.8) is 0 Å². The molecule has 0 saturated carbocycles. The van der Waals surface area contributed by atoms with Crippen LogP contribution >= 0.6 is 11.3 Å². The lowest BCUT2D eigenvalue weighted by Crippen LogP contribution is -2.35. The maximum Gasteiger partial charge on any atom is 0.226 e. The molecule has 1 amide bonds. The van der Waals surface area contributed by atoms with Gasteiger partial charge in [-0.05, 0) is 48.2 Å². The SMILES string of the molecule is CCc1ccc(OCCCC(=O)Nc2nc3ccc(CN4CCOCC4)cc3s2)cc1. The van der Waals surface area contributed by atoms with Gasteiger partial charge in [0.15, 0.2) is 5.13 Å². The fourth-order valence-corrected chi connectivity index (χ4v) is 4.51. The molecule has 2 heterocycles. The van der Waals surface area contributed by atoms with E-state index in [1.165, 1.54) is 22.5 Å². The van der Waals surface area contributed by atoms with Gasteiger partial charge in [0.05, 0.1) is 30.0 Å². The Labute approximate surface area is 187 Å². The Kier molecular flexibility index (Phi) is 7.51. The smallest absolute Gasteiger partial charge is 0.226 e. The highest BCUT2D eigenvalue weighted by molar-refractivity contribution is 7.22. The van der Waals surface area contributed by atoms with Crippen molar-refractivity contribution in [1.29, 1.82) is 0 Å². The zero-order chi connectivity index (χ0) is 21.5. The molecule has 7 heteroatoms. The Morgan fingerprint density at radius 3 is 2.71 bits per heavy atom. The van der Waals surface area contributed by atoms with E-state index in [0.717, 1.165) is 55.2 Å². The molecule has 1 aliphatic heterocycles. The van der Waals surface area contributed by atoms with Crippen LogP contribution in [-0.2, 0) is 22.5 Å². The number of fused-ring (bicyclic) bond motifs is 1. The van der Waals surface area contributed by atoms with Crippen LogP contribution in [0.3, 0.4) is 0 Å². The van der Waals surface area contributed by atoms with E-state index in [4.69, 9.17) is 9.47 Å². The first-order valence-corrected chi connectivity index (χ1v) is 11.7. The summed E-state index contributed by atoms with van der Waals surface area (Å²) >= 11 is 1.52. The molecular formula is C24H29N3O3S. The minimum Gasteiger partial charge on any atom is -0.494 e. The van der Waals surface area contributed by atoms with Gasteiger partial charge < -0.3 is 14.8 Å². The summed E-state index contributed by atoms with van der Waals surface area (Å²) in [4.78, 5) is 19.2.